The first-order valence-electron chi connectivity index (χ1n) is 3.34. The van der Waals surface area contributed by atoms with Gasteiger partial charge in [0.05, 0.1) is 0 Å². The van der Waals surface area contributed by atoms with E-state index in [1.807, 2.05) is 0 Å². The molecule has 0 atom stereocenters. The first kappa shape index (κ1) is 11.4. The van der Waals surface area contributed by atoms with Gasteiger partial charge in [-0.05, 0) is 35.3 Å². The zero-order chi connectivity index (χ0) is 10.8. The quantitative estimate of drug-likeness (QED) is 0.843. The molecule has 0 unspecified atom stereocenters. The molecule has 0 aromatic carbocycles. The van der Waals surface area contributed by atoms with Crippen LogP contribution in [-0.2, 0) is 4.79 Å². The number of carboxylic acids is 1. The summed E-state index contributed by atoms with van der Waals surface area (Å²) < 4.78 is 2.29. The van der Waals surface area contributed by atoms with Crippen molar-refractivity contribution in [3.63, 3.8) is 0 Å². The van der Waals surface area contributed by atoms with Crippen LogP contribution in [0, 0.1) is 0 Å². The Bertz CT molecular complexity index is 356. The molecule has 0 aliphatic heterocycles. The van der Waals surface area contributed by atoms with Gasteiger partial charge in [-0.2, -0.15) is 0 Å². The topological polar surface area (TPSA) is 59.4 Å². The number of hydrogen-bond acceptors (Lipinski definition) is 3. The number of carbonyl (C=O) groups is 1. The summed E-state index contributed by atoms with van der Waals surface area (Å²) in [5, 5.41) is 8.66. The third kappa shape index (κ3) is 2.64. The lowest BCUT2D eigenvalue weighted by Gasteiger charge is -2.15. The van der Waals surface area contributed by atoms with Crippen LogP contribution in [0.15, 0.2) is 18.3 Å². The molecule has 0 bridgehead atoms. The SMILES string of the molecule is O=C(O)C(Cl)(Cl)Oc1ncccc1Cl. The van der Waals surface area contributed by atoms with E-state index in [1.54, 1.807) is 6.07 Å². The van der Waals surface area contributed by atoms with E-state index in [2.05, 4.69) is 9.72 Å². The van der Waals surface area contributed by atoms with E-state index in [0.717, 1.165) is 0 Å². The van der Waals surface area contributed by atoms with Crippen LogP contribution in [0.3, 0.4) is 0 Å². The van der Waals surface area contributed by atoms with Crippen molar-refractivity contribution in [2.45, 2.75) is 4.52 Å². The van der Waals surface area contributed by atoms with Crippen molar-refractivity contribution in [3.8, 4) is 5.88 Å². The van der Waals surface area contributed by atoms with Gasteiger partial charge in [0.2, 0.25) is 5.88 Å². The Morgan fingerprint density at radius 1 is 1.57 bits per heavy atom. The Morgan fingerprint density at radius 3 is 2.71 bits per heavy atom. The molecule has 14 heavy (non-hydrogen) atoms. The lowest BCUT2D eigenvalue weighted by atomic mass is 10.5. The maximum absolute atomic E-state index is 10.5. The van der Waals surface area contributed by atoms with E-state index in [9.17, 15) is 4.79 Å². The summed E-state index contributed by atoms with van der Waals surface area (Å²) in [5.74, 6) is -1.68. The van der Waals surface area contributed by atoms with Crippen molar-refractivity contribution in [3.05, 3.63) is 23.4 Å². The fraction of sp³-hybridized carbons (Fsp3) is 0.143. The highest BCUT2D eigenvalue weighted by molar-refractivity contribution is 6.56. The highest BCUT2D eigenvalue weighted by Gasteiger charge is 2.37. The summed E-state index contributed by atoms with van der Waals surface area (Å²) in [6, 6.07) is 3.02. The molecule has 76 valence electrons. The van der Waals surface area contributed by atoms with Gasteiger partial charge in [-0.1, -0.05) is 11.6 Å². The van der Waals surface area contributed by atoms with Crippen LogP contribution in [0.4, 0.5) is 0 Å². The lowest BCUT2D eigenvalue weighted by molar-refractivity contribution is -0.143. The van der Waals surface area contributed by atoms with E-state index >= 15 is 0 Å². The number of nitrogens with zero attached hydrogens (tertiary/aromatic N) is 1. The molecular formula is C7H4Cl3NO3. The first-order chi connectivity index (χ1) is 6.43. The number of aromatic nitrogens is 1. The average Bonchev–Trinajstić information content (AvgIpc) is 2.08. The van der Waals surface area contributed by atoms with Gasteiger partial charge in [0.15, 0.2) is 0 Å². The van der Waals surface area contributed by atoms with Gasteiger partial charge in [-0.3, -0.25) is 0 Å². The third-order valence-electron chi connectivity index (χ3n) is 1.20. The van der Waals surface area contributed by atoms with E-state index < -0.39 is 10.5 Å². The molecule has 0 aliphatic rings. The van der Waals surface area contributed by atoms with Gasteiger partial charge in [0.1, 0.15) is 5.02 Å². The van der Waals surface area contributed by atoms with Crippen LogP contribution in [0.25, 0.3) is 0 Å². The van der Waals surface area contributed by atoms with Gasteiger partial charge >= 0.3 is 10.5 Å². The van der Waals surface area contributed by atoms with Crippen molar-refractivity contribution in [2.75, 3.05) is 0 Å². The Balaban J connectivity index is 2.89. The molecule has 7 heteroatoms. The summed E-state index contributed by atoms with van der Waals surface area (Å²) in [5.41, 5.74) is 0. The van der Waals surface area contributed by atoms with Crippen molar-refractivity contribution in [2.24, 2.45) is 0 Å². The molecule has 4 nitrogen and oxygen atoms in total. The number of halogens is 3. The Kier molecular flexibility index (Phi) is 3.42. The third-order valence-corrected chi connectivity index (χ3v) is 1.96. The molecule has 0 amide bonds. The molecular weight excluding hydrogens is 252 g/mol. The average molecular weight is 256 g/mol. The van der Waals surface area contributed by atoms with Gasteiger partial charge in [0.25, 0.3) is 0 Å². The molecule has 0 spiro atoms. The molecule has 0 radical (unpaired) electrons. The summed E-state index contributed by atoms with van der Waals surface area (Å²) in [6.45, 7) is 0. The van der Waals surface area contributed by atoms with E-state index in [-0.39, 0.29) is 10.9 Å². The molecule has 1 rings (SSSR count). The summed E-state index contributed by atoms with van der Waals surface area (Å²) in [6.07, 6.45) is 1.37. The van der Waals surface area contributed by atoms with Crippen LogP contribution >= 0.6 is 34.8 Å². The molecule has 1 heterocycles. The van der Waals surface area contributed by atoms with Gasteiger partial charge in [-0.25, -0.2) is 9.78 Å². The minimum Gasteiger partial charge on any atom is -0.476 e. The molecule has 0 fully saturated rings. The molecule has 0 saturated heterocycles. The van der Waals surface area contributed by atoms with Crippen molar-refractivity contribution in [1.29, 1.82) is 0 Å². The monoisotopic (exact) mass is 255 g/mol. The van der Waals surface area contributed by atoms with Crippen LogP contribution in [0.5, 0.6) is 5.88 Å². The lowest BCUT2D eigenvalue weighted by Crippen LogP contribution is -2.32. The largest absolute Gasteiger partial charge is 0.476 e. The zero-order valence-electron chi connectivity index (χ0n) is 6.58. The van der Waals surface area contributed by atoms with Crippen LogP contribution < -0.4 is 4.74 Å². The van der Waals surface area contributed by atoms with Crippen LogP contribution in [-0.4, -0.2) is 20.6 Å². The number of ether oxygens (including phenoxy) is 1. The maximum Gasteiger partial charge on any atom is 0.381 e. The van der Waals surface area contributed by atoms with Gasteiger partial charge in [-0.15, -0.1) is 0 Å². The summed E-state index contributed by atoms with van der Waals surface area (Å²) in [4.78, 5) is 14.1. The fourth-order valence-electron chi connectivity index (χ4n) is 0.611. The second-order valence-electron chi connectivity index (χ2n) is 2.21. The number of pyridine rings is 1. The zero-order valence-corrected chi connectivity index (χ0v) is 8.84. The second-order valence-corrected chi connectivity index (χ2v) is 3.88. The fourth-order valence-corrected chi connectivity index (χ4v) is 0.918. The number of aliphatic carboxylic acids is 1. The Hall–Kier alpha value is -0.710. The normalized spacial score (nSPS) is 11.1. The van der Waals surface area contributed by atoms with Gasteiger partial charge in [0, 0.05) is 6.20 Å². The minimum atomic E-state index is -2.39. The summed E-state index contributed by atoms with van der Waals surface area (Å²) >= 11 is 16.3. The van der Waals surface area contributed by atoms with Crippen molar-refractivity contribution in [1.82, 2.24) is 4.98 Å². The second kappa shape index (κ2) is 4.21. The van der Waals surface area contributed by atoms with E-state index in [1.165, 1.54) is 12.3 Å². The number of rotatable bonds is 3. The predicted octanol–water partition coefficient (Wildman–Crippen LogP) is 2.33. The van der Waals surface area contributed by atoms with Crippen LogP contribution in [0.1, 0.15) is 0 Å². The highest BCUT2D eigenvalue weighted by Crippen LogP contribution is 2.29. The molecule has 0 aliphatic carbocycles. The smallest absolute Gasteiger partial charge is 0.381 e. The van der Waals surface area contributed by atoms with E-state index in [4.69, 9.17) is 39.9 Å². The van der Waals surface area contributed by atoms with Gasteiger partial charge < -0.3 is 9.84 Å². The standard InChI is InChI=1S/C7H4Cl3NO3/c8-4-2-1-3-11-5(4)14-7(9,10)6(12)13/h1-3H,(H,12,13). The number of carboxylic acid groups (broad SMARTS) is 1. The predicted molar refractivity (Wildman–Crippen MR) is 51.9 cm³/mol. The Morgan fingerprint density at radius 2 is 2.21 bits per heavy atom. The first-order valence-corrected chi connectivity index (χ1v) is 4.47. The number of hydrogen-bond donors (Lipinski definition) is 1. The number of alkyl halides is 2. The van der Waals surface area contributed by atoms with E-state index in [0.29, 0.717) is 0 Å². The highest BCUT2D eigenvalue weighted by atomic mass is 35.5. The molecule has 0 saturated carbocycles. The minimum absolute atomic E-state index is 0.124. The van der Waals surface area contributed by atoms with Crippen LogP contribution in [0.2, 0.25) is 5.02 Å². The Labute approximate surface area is 94.4 Å². The molecule has 1 N–H and O–H groups in total. The van der Waals surface area contributed by atoms with Crippen molar-refractivity contribution < 1.29 is 14.6 Å². The summed E-state index contributed by atoms with van der Waals surface area (Å²) in [7, 11) is 0. The molecule has 1 aromatic rings. The van der Waals surface area contributed by atoms with Crippen molar-refractivity contribution >= 4 is 40.8 Å². The maximum atomic E-state index is 10.5. The molecule has 1 aromatic heterocycles.